The Labute approximate surface area is 204 Å². The third kappa shape index (κ3) is 5.61. The molecule has 1 unspecified atom stereocenters. The molecule has 0 aliphatic heterocycles. The summed E-state index contributed by atoms with van der Waals surface area (Å²) in [7, 11) is 1.85. The van der Waals surface area contributed by atoms with Crippen LogP contribution >= 0.6 is 11.3 Å². The lowest BCUT2D eigenvalue weighted by molar-refractivity contribution is -0.137. The van der Waals surface area contributed by atoms with E-state index in [1.54, 1.807) is 38.6 Å². The van der Waals surface area contributed by atoms with E-state index in [4.69, 9.17) is 4.74 Å². The van der Waals surface area contributed by atoms with Crippen LogP contribution in [-0.2, 0) is 13.2 Å². The number of alkyl halides is 3. The number of Topliss-reactive ketones (excluding diaryl/α,β-unsaturated/α-hetero) is 1. The van der Waals surface area contributed by atoms with Crippen molar-refractivity contribution >= 4 is 39.0 Å². The summed E-state index contributed by atoms with van der Waals surface area (Å²) in [5.74, 6) is -0.135. The fourth-order valence-corrected chi connectivity index (χ4v) is 4.39. The van der Waals surface area contributed by atoms with Gasteiger partial charge >= 0.3 is 6.18 Å². The van der Waals surface area contributed by atoms with Crippen molar-refractivity contribution in [1.82, 2.24) is 19.5 Å². The number of hydrogen-bond acceptors (Lipinski definition) is 7. The molecule has 35 heavy (non-hydrogen) atoms. The van der Waals surface area contributed by atoms with Crippen LogP contribution in [0.15, 0.2) is 43.0 Å². The molecule has 1 N–H and O–H groups in total. The highest BCUT2D eigenvalue weighted by Gasteiger charge is 2.31. The first-order chi connectivity index (χ1) is 16.5. The first-order valence-electron chi connectivity index (χ1n) is 10.9. The van der Waals surface area contributed by atoms with E-state index in [1.807, 2.05) is 18.5 Å². The van der Waals surface area contributed by atoms with Gasteiger partial charge in [0.2, 0.25) is 0 Å². The number of carbonyl (C=O) groups is 1. The van der Waals surface area contributed by atoms with Crippen molar-refractivity contribution in [1.29, 1.82) is 0 Å². The molecule has 1 atom stereocenters. The zero-order chi connectivity index (χ0) is 25.3. The number of aryl methyl sites for hydroxylation is 1. The molecule has 7 nitrogen and oxygen atoms in total. The monoisotopic (exact) mass is 503 g/mol. The number of pyridine rings is 1. The summed E-state index contributed by atoms with van der Waals surface area (Å²) in [6, 6.07) is 5.04. The van der Waals surface area contributed by atoms with Gasteiger partial charge in [-0.15, -0.1) is 11.3 Å². The van der Waals surface area contributed by atoms with Crippen molar-refractivity contribution in [2.45, 2.75) is 45.4 Å². The van der Waals surface area contributed by atoms with E-state index in [-0.39, 0.29) is 30.0 Å². The van der Waals surface area contributed by atoms with Crippen LogP contribution in [0.2, 0.25) is 0 Å². The van der Waals surface area contributed by atoms with Gasteiger partial charge in [0.1, 0.15) is 17.0 Å². The van der Waals surface area contributed by atoms with Crippen molar-refractivity contribution in [2.24, 2.45) is 7.05 Å². The second kappa shape index (κ2) is 9.65. The predicted molar refractivity (Wildman–Crippen MR) is 128 cm³/mol. The van der Waals surface area contributed by atoms with Gasteiger partial charge in [0.15, 0.2) is 10.9 Å². The third-order valence-corrected chi connectivity index (χ3v) is 6.46. The van der Waals surface area contributed by atoms with Crippen LogP contribution in [0.3, 0.4) is 0 Å². The fraction of sp³-hybridized carbons (Fsp3) is 0.333. The van der Waals surface area contributed by atoms with Crippen molar-refractivity contribution in [2.75, 3.05) is 5.32 Å². The number of ketones is 1. The summed E-state index contributed by atoms with van der Waals surface area (Å²) in [4.78, 5) is 26.5. The minimum Gasteiger partial charge on any atom is -0.489 e. The molecule has 184 valence electrons. The molecule has 0 aliphatic carbocycles. The maximum atomic E-state index is 13.1. The fourth-order valence-electron chi connectivity index (χ4n) is 3.51. The molecule has 4 rings (SSSR count). The number of aromatic nitrogens is 4. The van der Waals surface area contributed by atoms with Gasteiger partial charge in [-0.05, 0) is 44.0 Å². The highest BCUT2D eigenvalue weighted by molar-refractivity contribution is 7.15. The number of halogens is 3. The Morgan fingerprint density at radius 2 is 1.91 bits per heavy atom. The number of ether oxygens (including phenoxy) is 1. The molecule has 0 bridgehead atoms. The van der Waals surface area contributed by atoms with E-state index in [0.29, 0.717) is 16.5 Å². The normalized spacial score (nSPS) is 12.8. The topological polar surface area (TPSA) is 81.9 Å². The Bertz CT molecular complexity index is 1360. The number of thiazole rings is 1. The summed E-state index contributed by atoms with van der Waals surface area (Å²) in [5.41, 5.74) is 1.51. The molecule has 0 aliphatic rings. The molecule has 0 amide bonds. The van der Waals surface area contributed by atoms with Crippen molar-refractivity contribution in [3.63, 3.8) is 0 Å². The quantitative estimate of drug-likeness (QED) is 0.282. The summed E-state index contributed by atoms with van der Waals surface area (Å²) in [6.45, 7) is 5.40. The number of hydrogen-bond donors (Lipinski definition) is 1. The van der Waals surface area contributed by atoms with Crippen LogP contribution in [0.5, 0.6) is 5.75 Å². The second-order valence-electron chi connectivity index (χ2n) is 8.51. The van der Waals surface area contributed by atoms with Crippen molar-refractivity contribution in [3.05, 3.63) is 59.1 Å². The lowest BCUT2D eigenvalue weighted by atomic mass is 10.0. The number of nitrogens with one attached hydrogen (secondary N) is 1. The number of imidazole rings is 1. The molecule has 3 aromatic heterocycles. The number of fused-ring (bicyclic) bond motifs is 1. The Balaban J connectivity index is 1.48. The zero-order valence-electron chi connectivity index (χ0n) is 19.6. The van der Waals surface area contributed by atoms with Crippen LogP contribution in [0, 0.1) is 0 Å². The molecule has 0 fully saturated rings. The average molecular weight is 504 g/mol. The summed E-state index contributed by atoms with van der Waals surface area (Å²) < 4.78 is 46.9. The number of carbonyl (C=O) groups excluding carboxylic acids is 1. The lowest BCUT2D eigenvalue weighted by Crippen LogP contribution is -2.10. The van der Waals surface area contributed by atoms with Crippen LogP contribution in [0.4, 0.5) is 24.0 Å². The molecule has 0 spiro atoms. The molecule has 11 heteroatoms. The van der Waals surface area contributed by atoms with E-state index in [2.05, 4.69) is 20.3 Å². The van der Waals surface area contributed by atoms with Gasteiger partial charge in [0.25, 0.3) is 0 Å². The minimum atomic E-state index is -4.47. The Hall–Kier alpha value is -3.47. The van der Waals surface area contributed by atoms with Crippen molar-refractivity contribution in [3.8, 4) is 5.75 Å². The van der Waals surface area contributed by atoms with E-state index in [0.717, 1.165) is 28.0 Å². The Morgan fingerprint density at radius 3 is 2.63 bits per heavy atom. The summed E-state index contributed by atoms with van der Waals surface area (Å²) >= 11 is 1.33. The maximum Gasteiger partial charge on any atom is 0.416 e. The molecule has 0 radical (unpaired) electrons. The van der Waals surface area contributed by atoms with Crippen LogP contribution in [0.25, 0.3) is 11.0 Å². The minimum absolute atomic E-state index is 0.0893. The first-order valence-corrected chi connectivity index (χ1v) is 11.7. The first kappa shape index (κ1) is 24.6. The van der Waals surface area contributed by atoms with Crippen LogP contribution in [-0.4, -0.2) is 31.4 Å². The molecule has 3 heterocycles. The third-order valence-electron chi connectivity index (χ3n) is 5.31. The molecule has 4 aromatic rings. The van der Waals surface area contributed by atoms with Gasteiger partial charge in [-0.1, -0.05) is 6.92 Å². The van der Waals surface area contributed by atoms with Gasteiger partial charge < -0.3 is 14.6 Å². The maximum absolute atomic E-state index is 13.1. The van der Waals surface area contributed by atoms with E-state index in [9.17, 15) is 18.0 Å². The van der Waals surface area contributed by atoms with E-state index >= 15 is 0 Å². The summed E-state index contributed by atoms with van der Waals surface area (Å²) in [5, 5.41) is 3.54. The van der Waals surface area contributed by atoms with Gasteiger partial charge in [-0.2, -0.15) is 13.2 Å². The Morgan fingerprint density at radius 1 is 1.14 bits per heavy atom. The zero-order valence-corrected chi connectivity index (χ0v) is 20.4. The standard InChI is InChI=1S/C24H24F3N5O2S/c1-13(2)34-21-8-15(24(25,26)27)5-6-16(21)31-23-29-11-22(35-23)14(3)7-20(33)17-9-19-18(10-28-17)30-12-32(19)4/h5-6,8-14H,7H2,1-4H3,(H,29,31). The molecular weight excluding hydrogens is 479 g/mol. The van der Waals surface area contributed by atoms with Gasteiger partial charge in [0.05, 0.1) is 35.4 Å². The van der Waals surface area contributed by atoms with Crippen molar-refractivity contribution < 1.29 is 22.7 Å². The van der Waals surface area contributed by atoms with Gasteiger partial charge in [-0.3, -0.25) is 9.78 Å². The Kier molecular flexibility index (Phi) is 6.79. The lowest BCUT2D eigenvalue weighted by Gasteiger charge is -2.17. The number of rotatable bonds is 8. The molecule has 0 saturated carbocycles. The number of nitrogens with zero attached hydrogens (tertiary/aromatic N) is 4. The van der Waals surface area contributed by atoms with Crippen LogP contribution < -0.4 is 10.1 Å². The predicted octanol–water partition coefficient (Wildman–Crippen LogP) is 6.35. The molecule has 1 aromatic carbocycles. The average Bonchev–Trinajstić information content (AvgIpc) is 3.40. The number of benzene rings is 1. The SMILES string of the molecule is CC(C)Oc1cc(C(F)(F)F)ccc1Nc1ncc(C(C)CC(=O)c2cc3c(cn2)ncn3C)s1. The van der Waals surface area contributed by atoms with Gasteiger partial charge in [-0.25, -0.2) is 9.97 Å². The van der Waals surface area contributed by atoms with E-state index in [1.165, 1.54) is 17.4 Å². The smallest absolute Gasteiger partial charge is 0.416 e. The largest absolute Gasteiger partial charge is 0.489 e. The van der Waals surface area contributed by atoms with Gasteiger partial charge in [0, 0.05) is 24.5 Å². The van der Waals surface area contributed by atoms with E-state index < -0.39 is 11.7 Å². The summed E-state index contributed by atoms with van der Waals surface area (Å²) in [6.07, 6.45) is 0.373. The van der Waals surface area contributed by atoms with Crippen LogP contribution in [0.1, 0.15) is 54.0 Å². The highest BCUT2D eigenvalue weighted by Crippen LogP contribution is 2.38. The number of anilines is 2. The highest BCUT2D eigenvalue weighted by atomic mass is 32.1. The second-order valence-corrected chi connectivity index (χ2v) is 9.57. The molecular formula is C24H24F3N5O2S. The molecule has 0 saturated heterocycles.